The van der Waals surface area contributed by atoms with Crippen molar-refractivity contribution in [3.8, 4) is 0 Å². The van der Waals surface area contributed by atoms with E-state index in [1.54, 1.807) is 0 Å². The molecule has 0 fully saturated rings. The Morgan fingerprint density at radius 2 is 1.65 bits per heavy atom. The number of allylic oxidation sites excluding steroid dienone is 4. The van der Waals surface area contributed by atoms with Gasteiger partial charge in [-0.05, 0) is 71.4 Å². The summed E-state index contributed by atoms with van der Waals surface area (Å²) in [5, 5.41) is 10.2. The summed E-state index contributed by atoms with van der Waals surface area (Å²) in [5.74, 6) is 0. The van der Waals surface area contributed by atoms with Crippen LogP contribution in [0.5, 0.6) is 0 Å². The number of hydrogen-bond donors (Lipinski definition) is 1. The SMILES string of the molecule is CC(=CCCC=Cc1ccccc1)CCC(=C(C)C)C(C)(C)O. The maximum atomic E-state index is 10.2. The molecule has 0 radical (unpaired) electrons. The van der Waals surface area contributed by atoms with Crippen LogP contribution in [0.1, 0.15) is 65.9 Å². The summed E-state index contributed by atoms with van der Waals surface area (Å²) in [6, 6.07) is 10.4. The number of aliphatic hydroxyl groups is 1. The molecule has 0 heterocycles. The predicted octanol–water partition coefficient (Wildman–Crippen LogP) is 6.31. The van der Waals surface area contributed by atoms with Crippen molar-refractivity contribution in [3.05, 3.63) is 64.8 Å². The van der Waals surface area contributed by atoms with Gasteiger partial charge >= 0.3 is 0 Å². The third kappa shape index (κ3) is 7.99. The molecule has 0 aliphatic carbocycles. The molecule has 1 rings (SSSR count). The summed E-state index contributed by atoms with van der Waals surface area (Å²) >= 11 is 0. The minimum absolute atomic E-state index is 0.711. The third-order valence-corrected chi connectivity index (χ3v) is 4.05. The normalized spacial score (nSPS) is 12.7. The molecule has 1 aromatic rings. The van der Waals surface area contributed by atoms with Crippen molar-refractivity contribution in [2.45, 2.75) is 65.9 Å². The van der Waals surface area contributed by atoms with Gasteiger partial charge in [-0.15, -0.1) is 0 Å². The van der Waals surface area contributed by atoms with Crippen LogP contribution in [0.25, 0.3) is 6.08 Å². The van der Waals surface area contributed by atoms with Gasteiger partial charge in [-0.25, -0.2) is 0 Å². The smallest absolute Gasteiger partial charge is 0.0803 e. The van der Waals surface area contributed by atoms with E-state index < -0.39 is 5.60 Å². The van der Waals surface area contributed by atoms with Crippen LogP contribution in [0, 0.1) is 0 Å². The highest BCUT2D eigenvalue weighted by atomic mass is 16.3. The van der Waals surface area contributed by atoms with Gasteiger partial charge in [0.2, 0.25) is 0 Å². The molecule has 23 heavy (non-hydrogen) atoms. The van der Waals surface area contributed by atoms with E-state index >= 15 is 0 Å². The molecule has 1 nitrogen and oxygen atoms in total. The first kappa shape index (κ1) is 19.4. The highest BCUT2D eigenvalue weighted by molar-refractivity contribution is 5.48. The van der Waals surface area contributed by atoms with E-state index in [2.05, 4.69) is 63.3 Å². The summed E-state index contributed by atoms with van der Waals surface area (Å²) < 4.78 is 0. The second kappa shape index (κ2) is 9.52. The van der Waals surface area contributed by atoms with Crippen LogP contribution < -0.4 is 0 Å². The second-order valence-corrected chi connectivity index (χ2v) is 6.98. The molecule has 0 spiro atoms. The van der Waals surface area contributed by atoms with Crippen molar-refractivity contribution < 1.29 is 5.11 Å². The molecule has 0 amide bonds. The average molecular weight is 312 g/mol. The molecule has 0 aromatic heterocycles. The molecule has 126 valence electrons. The first-order chi connectivity index (χ1) is 10.8. The lowest BCUT2D eigenvalue weighted by Gasteiger charge is -2.24. The molecule has 0 aliphatic rings. The van der Waals surface area contributed by atoms with Crippen molar-refractivity contribution in [2.75, 3.05) is 0 Å². The van der Waals surface area contributed by atoms with E-state index in [1.165, 1.54) is 16.7 Å². The van der Waals surface area contributed by atoms with E-state index in [4.69, 9.17) is 0 Å². The Morgan fingerprint density at radius 3 is 2.22 bits per heavy atom. The summed E-state index contributed by atoms with van der Waals surface area (Å²) in [7, 11) is 0. The molecule has 0 atom stereocenters. The van der Waals surface area contributed by atoms with Crippen LogP contribution in [-0.2, 0) is 0 Å². The fraction of sp³-hybridized carbons (Fsp3) is 0.455. The van der Waals surface area contributed by atoms with Crippen LogP contribution in [0.15, 0.2) is 59.2 Å². The molecule has 0 aliphatic heterocycles. The predicted molar refractivity (Wildman–Crippen MR) is 102 cm³/mol. The third-order valence-electron chi connectivity index (χ3n) is 4.05. The van der Waals surface area contributed by atoms with Crippen LogP contribution in [0.3, 0.4) is 0 Å². The van der Waals surface area contributed by atoms with Gasteiger partial charge in [-0.1, -0.05) is 59.7 Å². The van der Waals surface area contributed by atoms with Gasteiger partial charge in [-0.3, -0.25) is 0 Å². The minimum atomic E-state index is -0.711. The Kier molecular flexibility index (Phi) is 8.05. The summed E-state index contributed by atoms with van der Waals surface area (Å²) in [6.07, 6.45) is 10.8. The Hall–Kier alpha value is -1.60. The topological polar surface area (TPSA) is 20.2 Å². The molecule has 0 unspecified atom stereocenters. The highest BCUT2D eigenvalue weighted by Crippen LogP contribution is 2.26. The molecular weight excluding hydrogens is 280 g/mol. The molecule has 1 heteroatoms. The average Bonchev–Trinajstić information content (AvgIpc) is 2.46. The van der Waals surface area contributed by atoms with Crippen molar-refractivity contribution in [3.63, 3.8) is 0 Å². The summed E-state index contributed by atoms with van der Waals surface area (Å²) in [6.45, 7) is 10.1. The Morgan fingerprint density at radius 1 is 1.00 bits per heavy atom. The lowest BCUT2D eigenvalue weighted by atomic mass is 9.89. The van der Waals surface area contributed by atoms with E-state index in [0.29, 0.717) is 0 Å². The van der Waals surface area contributed by atoms with Gasteiger partial charge in [0, 0.05) is 0 Å². The maximum Gasteiger partial charge on any atom is 0.0803 e. The first-order valence-corrected chi connectivity index (χ1v) is 8.57. The van der Waals surface area contributed by atoms with E-state index in [9.17, 15) is 5.11 Å². The monoisotopic (exact) mass is 312 g/mol. The zero-order valence-electron chi connectivity index (χ0n) is 15.4. The fourth-order valence-corrected chi connectivity index (χ4v) is 2.80. The van der Waals surface area contributed by atoms with Gasteiger partial charge in [0.05, 0.1) is 5.60 Å². The second-order valence-electron chi connectivity index (χ2n) is 6.98. The van der Waals surface area contributed by atoms with Crippen LogP contribution in [-0.4, -0.2) is 10.7 Å². The van der Waals surface area contributed by atoms with Crippen LogP contribution in [0.4, 0.5) is 0 Å². The lowest BCUT2D eigenvalue weighted by molar-refractivity contribution is 0.114. The zero-order valence-corrected chi connectivity index (χ0v) is 15.4. The molecule has 0 bridgehead atoms. The van der Waals surface area contributed by atoms with Crippen molar-refractivity contribution in [1.29, 1.82) is 0 Å². The molecule has 1 aromatic carbocycles. The molecule has 0 saturated carbocycles. The highest BCUT2D eigenvalue weighted by Gasteiger charge is 2.19. The standard InChI is InChI=1S/C22H32O/c1-18(2)21(22(4,5)23)17-16-19(3)12-8-6-9-13-20-14-10-7-11-15-20/h7,9-15,23H,6,8,16-17H2,1-5H3. The number of unbranched alkanes of at least 4 members (excludes halogenated alkanes) is 1. The number of hydrogen-bond acceptors (Lipinski definition) is 1. The van der Waals surface area contributed by atoms with Gasteiger partial charge in [0.1, 0.15) is 0 Å². The molecular formula is C22H32O. The molecule has 1 N–H and O–H groups in total. The minimum Gasteiger partial charge on any atom is -0.386 e. The van der Waals surface area contributed by atoms with Crippen LogP contribution in [0.2, 0.25) is 0 Å². The van der Waals surface area contributed by atoms with E-state index in [-0.39, 0.29) is 0 Å². The zero-order chi connectivity index (χ0) is 17.3. The summed E-state index contributed by atoms with van der Waals surface area (Å²) in [5.41, 5.74) is 4.34. The van der Waals surface area contributed by atoms with Gasteiger partial charge in [0.25, 0.3) is 0 Å². The van der Waals surface area contributed by atoms with Crippen molar-refractivity contribution >= 4 is 6.08 Å². The Bertz CT molecular complexity index is 549. The van der Waals surface area contributed by atoms with Gasteiger partial charge in [0.15, 0.2) is 0 Å². The van der Waals surface area contributed by atoms with E-state index in [0.717, 1.165) is 31.3 Å². The van der Waals surface area contributed by atoms with Crippen molar-refractivity contribution in [2.24, 2.45) is 0 Å². The van der Waals surface area contributed by atoms with Gasteiger partial charge in [-0.2, -0.15) is 0 Å². The maximum absolute atomic E-state index is 10.2. The summed E-state index contributed by atoms with van der Waals surface area (Å²) in [4.78, 5) is 0. The largest absolute Gasteiger partial charge is 0.386 e. The first-order valence-electron chi connectivity index (χ1n) is 8.57. The molecule has 0 saturated heterocycles. The Labute approximate surface area is 142 Å². The fourth-order valence-electron chi connectivity index (χ4n) is 2.80. The quantitative estimate of drug-likeness (QED) is 0.440. The van der Waals surface area contributed by atoms with Crippen LogP contribution >= 0.6 is 0 Å². The lowest BCUT2D eigenvalue weighted by Crippen LogP contribution is -2.23. The van der Waals surface area contributed by atoms with Gasteiger partial charge < -0.3 is 5.11 Å². The number of rotatable bonds is 8. The van der Waals surface area contributed by atoms with E-state index in [1.807, 2.05) is 19.9 Å². The number of benzene rings is 1. The Balaban J connectivity index is 2.40. The van der Waals surface area contributed by atoms with Crippen molar-refractivity contribution in [1.82, 2.24) is 0 Å².